The van der Waals surface area contributed by atoms with Gasteiger partial charge < -0.3 is 25.8 Å². The van der Waals surface area contributed by atoms with Crippen molar-refractivity contribution in [2.75, 3.05) is 38.1 Å². The van der Waals surface area contributed by atoms with Crippen LogP contribution in [0.3, 0.4) is 0 Å². The van der Waals surface area contributed by atoms with Gasteiger partial charge >= 0.3 is 24.5 Å². The van der Waals surface area contributed by atoms with Gasteiger partial charge in [-0.2, -0.15) is 26.3 Å². The Kier molecular flexibility index (Phi) is 6.71. The summed E-state index contributed by atoms with van der Waals surface area (Å²) in [5, 5.41) is 12.5. The molecule has 2 rings (SSSR count). The number of anilines is 1. The number of aliphatic hydroxyl groups excluding tert-OH is 1. The van der Waals surface area contributed by atoms with E-state index in [0.29, 0.717) is 4.90 Å². The van der Waals surface area contributed by atoms with Crippen LogP contribution in [0.4, 0.5) is 41.6 Å². The molecule has 0 saturated carbocycles. The van der Waals surface area contributed by atoms with Gasteiger partial charge in [0.15, 0.2) is 5.75 Å². The fraction of sp³-hybridized carbons (Fsp3) is 0.500. The van der Waals surface area contributed by atoms with E-state index in [4.69, 9.17) is 5.73 Å². The summed E-state index contributed by atoms with van der Waals surface area (Å²) in [6.07, 6.45) is -13.2. The first kappa shape index (κ1) is 23.5. The number of likely N-dealkylation sites (N-methyl/N-ethyl adjacent to an activating group) is 1. The first-order valence-electron chi connectivity index (χ1n) is 8.44. The molecule has 0 bridgehead atoms. The summed E-state index contributed by atoms with van der Waals surface area (Å²) >= 11 is 0. The number of alkyl halides is 6. The topological polar surface area (TPSA) is 108 Å². The second kappa shape index (κ2) is 8.55. The highest BCUT2D eigenvalue weighted by Crippen LogP contribution is 2.46. The summed E-state index contributed by atoms with van der Waals surface area (Å²) in [5.74, 6) is -1.31. The van der Waals surface area contributed by atoms with Crippen molar-refractivity contribution in [3.05, 3.63) is 23.3 Å². The number of carbonyl (C=O) groups is 2. The molecule has 1 aliphatic heterocycles. The molecule has 3 amide bonds. The van der Waals surface area contributed by atoms with Crippen molar-refractivity contribution in [2.45, 2.75) is 18.5 Å². The van der Waals surface area contributed by atoms with E-state index in [1.165, 1.54) is 7.05 Å². The number of carbonyl (C=O) groups excluding carboxylic acids is 2. The average molecular weight is 444 g/mol. The molecule has 1 aliphatic rings. The highest BCUT2D eigenvalue weighted by molar-refractivity contribution is 5.96. The lowest BCUT2D eigenvalue weighted by Crippen LogP contribution is -2.40. The van der Waals surface area contributed by atoms with E-state index in [0.717, 1.165) is 4.90 Å². The number of primary amides is 1. The fourth-order valence-electron chi connectivity index (χ4n) is 2.93. The summed E-state index contributed by atoms with van der Waals surface area (Å²) in [4.78, 5) is 25.4. The van der Waals surface area contributed by atoms with Gasteiger partial charge in [-0.3, -0.25) is 4.90 Å². The van der Waals surface area contributed by atoms with Crippen molar-refractivity contribution in [3.63, 3.8) is 0 Å². The van der Waals surface area contributed by atoms with Crippen molar-refractivity contribution in [3.8, 4) is 5.75 Å². The molecule has 1 aromatic rings. The number of nitrogens with zero attached hydrogens (tertiary/aromatic N) is 2. The van der Waals surface area contributed by atoms with E-state index in [2.05, 4.69) is 10.1 Å². The lowest BCUT2D eigenvalue weighted by molar-refractivity contribution is -0.143. The van der Waals surface area contributed by atoms with Crippen LogP contribution in [0.15, 0.2) is 12.1 Å². The molecular formula is C16H18F6N4O4. The predicted molar refractivity (Wildman–Crippen MR) is 90.9 cm³/mol. The Morgan fingerprint density at radius 2 is 1.87 bits per heavy atom. The van der Waals surface area contributed by atoms with Crippen LogP contribution in [-0.2, 0) is 12.4 Å². The van der Waals surface area contributed by atoms with Gasteiger partial charge in [0.25, 0.3) is 0 Å². The second-order valence-corrected chi connectivity index (χ2v) is 6.38. The Bertz CT molecular complexity index is 814. The summed E-state index contributed by atoms with van der Waals surface area (Å²) in [5.41, 5.74) is 0.273. The van der Waals surface area contributed by atoms with Crippen LogP contribution in [0, 0.1) is 0 Å². The van der Waals surface area contributed by atoms with Crippen molar-refractivity contribution in [2.24, 2.45) is 5.73 Å². The molecule has 1 saturated heterocycles. The van der Waals surface area contributed by atoms with E-state index >= 15 is 0 Å². The zero-order chi connectivity index (χ0) is 22.9. The normalized spacial score (nSPS) is 16.2. The van der Waals surface area contributed by atoms with Crippen LogP contribution in [0.25, 0.3) is 0 Å². The van der Waals surface area contributed by atoms with E-state index < -0.39 is 53.1 Å². The lowest BCUT2D eigenvalue weighted by atomic mass is 10.1. The van der Waals surface area contributed by atoms with Gasteiger partial charge in [-0.1, -0.05) is 0 Å². The molecule has 1 heterocycles. The van der Waals surface area contributed by atoms with Crippen LogP contribution in [-0.4, -0.2) is 61.5 Å². The number of ether oxygens (including phenoxy) is 1. The number of nitrogens with two attached hydrogens (primary N) is 1. The molecule has 14 heteroatoms. The molecule has 0 radical (unpaired) electrons. The summed E-state index contributed by atoms with van der Waals surface area (Å²) in [6.45, 7) is -0.513. The van der Waals surface area contributed by atoms with Crippen molar-refractivity contribution < 1.29 is 45.8 Å². The van der Waals surface area contributed by atoms with E-state index in [-0.39, 0.29) is 38.3 Å². The molecule has 1 fully saturated rings. The first-order valence-corrected chi connectivity index (χ1v) is 8.44. The van der Waals surface area contributed by atoms with Crippen molar-refractivity contribution >= 4 is 17.8 Å². The van der Waals surface area contributed by atoms with Crippen molar-refractivity contribution in [1.29, 1.82) is 0 Å². The SMILES string of the molecule is CNCC(O)CN1CCN(c2cc(C(F)(F)F)cc(C(F)(F)F)c2OC(N)=O)C1=O. The smallest absolute Gasteiger partial charge is 0.408 e. The molecule has 4 N–H and O–H groups in total. The number of nitrogens with one attached hydrogen (secondary N) is 1. The molecule has 1 aromatic carbocycles. The second-order valence-electron chi connectivity index (χ2n) is 6.38. The number of urea groups is 1. The minimum Gasteiger partial charge on any atom is -0.408 e. The minimum atomic E-state index is -5.34. The standard InChI is InChI=1S/C16H18F6N4O4/c1-24-6-9(27)7-25-2-3-26(14(25)29)11-5-8(15(17,18)19)4-10(16(20,21)22)12(11)30-13(23)28/h4-5,9,24,27H,2-3,6-7H2,1H3,(H2,23,28). The maximum absolute atomic E-state index is 13.4. The third-order valence-corrected chi connectivity index (χ3v) is 4.16. The molecule has 0 aliphatic carbocycles. The maximum atomic E-state index is 13.4. The minimum absolute atomic E-state index is 0.0901. The number of hydrogen-bond donors (Lipinski definition) is 3. The first-order chi connectivity index (χ1) is 13.8. The Morgan fingerprint density at radius 1 is 1.23 bits per heavy atom. The number of halogens is 6. The van der Waals surface area contributed by atoms with E-state index in [9.17, 15) is 41.0 Å². The quantitative estimate of drug-likeness (QED) is 0.582. The number of benzene rings is 1. The Morgan fingerprint density at radius 3 is 2.37 bits per heavy atom. The van der Waals surface area contributed by atoms with Gasteiger partial charge in [0, 0.05) is 26.2 Å². The van der Waals surface area contributed by atoms with Gasteiger partial charge in [-0.15, -0.1) is 0 Å². The van der Waals surface area contributed by atoms with E-state index in [1.807, 2.05) is 0 Å². The van der Waals surface area contributed by atoms with Crippen molar-refractivity contribution in [1.82, 2.24) is 10.2 Å². The zero-order valence-electron chi connectivity index (χ0n) is 15.5. The van der Waals surface area contributed by atoms with Crippen LogP contribution in [0.1, 0.15) is 11.1 Å². The van der Waals surface area contributed by atoms with Crippen LogP contribution >= 0.6 is 0 Å². The number of amides is 3. The summed E-state index contributed by atoms with van der Waals surface area (Å²) in [6, 6.07) is -0.915. The summed E-state index contributed by atoms with van der Waals surface area (Å²) < 4.78 is 84.2. The lowest BCUT2D eigenvalue weighted by Gasteiger charge is -2.25. The highest BCUT2D eigenvalue weighted by atomic mass is 19.4. The van der Waals surface area contributed by atoms with Gasteiger partial charge in [-0.05, 0) is 19.2 Å². The predicted octanol–water partition coefficient (Wildman–Crippen LogP) is 2.00. The number of aliphatic hydroxyl groups is 1. The number of hydrogen-bond acceptors (Lipinski definition) is 5. The zero-order valence-corrected chi connectivity index (χ0v) is 15.5. The molecule has 168 valence electrons. The average Bonchev–Trinajstić information content (AvgIpc) is 2.93. The van der Waals surface area contributed by atoms with Gasteiger partial charge in [0.05, 0.1) is 17.4 Å². The maximum Gasteiger partial charge on any atom is 0.420 e. The highest BCUT2D eigenvalue weighted by Gasteiger charge is 2.43. The molecule has 0 spiro atoms. The summed E-state index contributed by atoms with van der Waals surface area (Å²) in [7, 11) is 1.54. The number of β-amino-alcohol motifs (C(OH)–C–C–N with tert-alkyl or cyclic N) is 1. The largest absolute Gasteiger partial charge is 0.420 e. The molecular weight excluding hydrogens is 426 g/mol. The Labute approximate surface area is 166 Å². The van der Waals surface area contributed by atoms with Crippen LogP contribution in [0.5, 0.6) is 5.75 Å². The van der Waals surface area contributed by atoms with Gasteiger partial charge in [-0.25, -0.2) is 9.59 Å². The molecule has 1 unspecified atom stereocenters. The van der Waals surface area contributed by atoms with Crippen LogP contribution < -0.4 is 20.7 Å². The Balaban J connectivity index is 2.57. The molecule has 1 atom stereocenters. The third kappa shape index (κ3) is 5.24. The van der Waals surface area contributed by atoms with E-state index in [1.54, 1.807) is 0 Å². The van der Waals surface area contributed by atoms with Gasteiger partial charge in [0.1, 0.15) is 5.56 Å². The van der Waals surface area contributed by atoms with Gasteiger partial charge in [0.2, 0.25) is 0 Å². The monoisotopic (exact) mass is 444 g/mol. The third-order valence-electron chi connectivity index (χ3n) is 4.16. The Hall–Kier alpha value is -2.74. The molecule has 0 aromatic heterocycles. The molecule has 8 nitrogen and oxygen atoms in total. The number of rotatable bonds is 6. The fourth-order valence-corrected chi connectivity index (χ4v) is 2.93. The van der Waals surface area contributed by atoms with Crippen LogP contribution in [0.2, 0.25) is 0 Å². The molecule has 30 heavy (non-hydrogen) atoms.